The Labute approximate surface area is 209 Å². The van der Waals surface area contributed by atoms with E-state index in [0.29, 0.717) is 24.4 Å². The lowest BCUT2D eigenvalue weighted by Gasteiger charge is -2.17. The van der Waals surface area contributed by atoms with Crippen LogP contribution in [-0.2, 0) is 29.1 Å². The van der Waals surface area contributed by atoms with Crippen molar-refractivity contribution < 1.29 is 19.4 Å². The smallest absolute Gasteiger partial charge is 0.312 e. The van der Waals surface area contributed by atoms with E-state index in [1.54, 1.807) is 20.2 Å². The second-order valence-corrected chi connectivity index (χ2v) is 8.45. The molecule has 1 aromatic heterocycles. The number of ether oxygens (including phenoxy) is 1. The molecule has 0 saturated heterocycles. The number of carboxylic acid groups (broad SMARTS) is 1. The maximum atomic E-state index is 13.7. The van der Waals surface area contributed by atoms with Crippen LogP contribution >= 0.6 is 0 Å². The highest BCUT2D eigenvalue weighted by Crippen LogP contribution is 2.27. The average Bonchev–Trinajstić information content (AvgIpc) is 3.22. The molecule has 0 aliphatic carbocycles. The first-order chi connectivity index (χ1) is 17.5. The van der Waals surface area contributed by atoms with E-state index < -0.39 is 11.9 Å². The van der Waals surface area contributed by atoms with Gasteiger partial charge in [-0.1, -0.05) is 48.5 Å². The van der Waals surface area contributed by atoms with Gasteiger partial charge in [-0.15, -0.1) is 0 Å². The van der Waals surface area contributed by atoms with Gasteiger partial charge in [-0.2, -0.15) is 5.10 Å². The zero-order valence-corrected chi connectivity index (χ0v) is 20.2. The Kier molecular flexibility index (Phi) is 7.75. The standard InChI is InChI=1S/C28H28N4O4/c1-19(28(34)35)26-25(27(33)32(31-26)18-20-9-4-3-5-10-20)24(30-17-22-12-6-7-14-29-22)16-21-11-8-13-23(15-21)36-2/h3-15,19,30H,16-18H2,1-2H3,(H,34,35)/b25-24-. The molecule has 3 aromatic rings. The van der Waals surface area contributed by atoms with Crippen molar-refractivity contribution in [2.45, 2.75) is 26.4 Å². The maximum absolute atomic E-state index is 13.7. The molecule has 2 N–H and O–H groups in total. The molecule has 1 aliphatic rings. The molecule has 8 nitrogen and oxygen atoms in total. The van der Waals surface area contributed by atoms with Gasteiger partial charge in [0.05, 0.1) is 43.1 Å². The predicted molar refractivity (Wildman–Crippen MR) is 136 cm³/mol. The van der Waals surface area contributed by atoms with Crippen LogP contribution in [0.15, 0.2) is 95.4 Å². The Hall–Kier alpha value is -4.46. The number of rotatable bonds is 10. The highest BCUT2D eigenvalue weighted by molar-refractivity contribution is 6.29. The number of nitrogens with one attached hydrogen (secondary N) is 1. The van der Waals surface area contributed by atoms with Crippen LogP contribution in [0, 0.1) is 5.92 Å². The van der Waals surface area contributed by atoms with Gasteiger partial charge in [-0.05, 0) is 42.3 Å². The van der Waals surface area contributed by atoms with Gasteiger partial charge in [-0.3, -0.25) is 14.6 Å². The molecule has 0 fully saturated rings. The lowest BCUT2D eigenvalue weighted by atomic mass is 9.94. The number of aliphatic carboxylic acids is 1. The van der Waals surface area contributed by atoms with E-state index in [-0.39, 0.29) is 23.7 Å². The first kappa shape index (κ1) is 24.7. The summed E-state index contributed by atoms with van der Waals surface area (Å²) in [7, 11) is 1.60. The van der Waals surface area contributed by atoms with Crippen molar-refractivity contribution in [3.63, 3.8) is 0 Å². The maximum Gasteiger partial charge on any atom is 0.312 e. The van der Waals surface area contributed by atoms with Crippen LogP contribution in [0.25, 0.3) is 0 Å². The molecule has 1 aliphatic heterocycles. The fraction of sp³-hybridized carbons (Fsp3) is 0.214. The van der Waals surface area contributed by atoms with Crippen LogP contribution < -0.4 is 10.1 Å². The fourth-order valence-corrected chi connectivity index (χ4v) is 3.96. The quantitative estimate of drug-likeness (QED) is 0.424. The molecule has 184 valence electrons. The summed E-state index contributed by atoms with van der Waals surface area (Å²) in [5.41, 5.74) is 3.68. The van der Waals surface area contributed by atoms with E-state index in [2.05, 4.69) is 15.4 Å². The van der Waals surface area contributed by atoms with Gasteiger partial charge in [0.25, 0.3) is 5.91 Å². The molecule has 1 amide bonds. The van der Waals surface area contributed by atoms with Crippen molar-refractivity contribution in [3.8, 4) is 5.75 Å². The second-order valence-electron chi connectivity index (χ2n) is 8.45. The molecule has 8 heteroatoms. The zero-order valence-electron chi connectivity index (χ0n) is 20.2. The molecule has 36 heavy (non-hydrogen) atoms. The van der Waals surface area contributed by atoms with Crippen molar-refractivity contribution in [1.82, 2.24) is 15.3 Å². The Morgan fingerprint density at radius 3 is 2.50 bits per heavy atom. The van der Waals surface area contributed by atoms with E-state index in [4.69, 9.17) is 4.74 Å². The van der Waals surface area contributed by atoms with Crippen LogP contribution in [0.5, 0.6) is 5.75 Å². The molecule has 0 bridgehead atoms. The highest BCUT2D eigenvalue weighted by atomic mass is 16.5. The minimum atomic E-state index is -1.05. The fourth-order valence-electron chi connectivity index (χ4n) is 3.96. The molecule has 4 rings (SSSR count). The number of carboxylic acids is 1. The number of carbonyl (C=O) groups excluding carboxylic acids is 1. The number of hydrazone groups is 1. The third kappa shape index (κ3) is 5.78. The van der Waals surface area contributed by atoms with Crippen LogP contribution in [0.4, 0.5) is 0 Å². The van der Waals surface area contributed by atoms with Crippen molar-refractivity contribution >= 4 is 17.6 Å². The summed E-state index contributed by atoms with van der Waals surface area (Å²) in [5.74, 6) is -1.67. The highest BCUT2D eigenvalue weighted by Gasteiger charge is 2.38. The number of nitrogens with zero attached hydrogens (tertiary/aromatic N) is 3. The Morgan fingerprint density at radius 1 is 1.06 bits per heavy atom. The normalized spacial score (nSPS) is 15.3. The molecule has 0 radical (unpaired) electrons. The summed E-state index contributed by atoms with van der Waals surface area (Å²) in [4.78, 5) is 30.0. The number of allylic oxidation sites excluding steroid dienone is 1. The number of hydrogen-bond acceptors (Lipinski definition) is 6. The number of methoxy groups -OCH3 is 1. The first-order valence-corrected chi connectivity index (χ1v) is 11.6. The number of hydrogen-bond donors (Lipinski definition) is 2. The topological polar surface area (TPSA) is 104 Å². The summed E-state index contributed by atoms with van der Waals surface area (Å²) in [6.07, 6.45) is 2.06. The van der Waals surface area contributed by atoms with Crippen molar-refractivity contribution in [1.29, 1.82) is 0 Å². The third-order valence-electron chi connectivity index (χ3n) is 5.91. The van der Waals surface area contributed by atoms with E-state index >= 15 is 0 Å². The zero-order chi connectivity index (χ0) is 25.5. The minimum Gasteiger partial charge on any atom is -0.497 e. The number of carbonyl (C=O) groups is 2. The van der Waals surface area contributed by atoms with E-state index in [9.17, 15) is 14.7 Å². The summed E-state index contributed by atoms with van der Waals surface area (Å²) in [6, 6.07) is 22.6. The van der Waals surface area contributed by atoms with Crippen molar-refractivity contribution in [2.24, 2.45) is 11.0 Å². The van der Waals surface area contributed by atoms with Crippen molar-refractivity contribution in [2.75, 3.05) is 7.11 Å². The second kappa shape index (κ2) is 11.3. The SMILES string of the molecule is COc1cccc(C/C(NCc2ccccn2)=C2/C(=O)N(Cc3ccccc3)N=C2C(C)C(=O)O)c1. The Balaban J connectivity index is 1.76. The van der Waals surface area contributed by atoms with E-state index in [1.165, 1.54) is 5.01 Å². The minimum absolute atomic E-state index is 0.231. The first-order valence-electron chi connectivity index (χ1n) is 11.6. The summed E-state index contributed by atoms with van der Waals surface area (Å²) < 4.78 is 5.36. The number of benzene rings is 2. The summed E-state index contributed by atoms with van der Waals surface area (Å²) in [5, 5.41) is 19.0. The van der Waals surface area contributed by atoms with Gasteiger partial charge in [0.1, 0.15) is 5.75 Å². The van der Waals surface area contributed by atoms with Crippen molar-refractivity contribution in [3.05, 3.63) is 107 Å². The molecule has 1 unspecified atom stereocenters. The molecule has 1 atom stereocenters. The summed E-state index contributed by atoms with van der Waals surface area (Å²) in [6.45, 7) is 2.15. The monoisotopic (exact) mass is 484 g/mol. The van der Waals surface area contributed by atoms with E-state index in [0.717, 1.165) is 16.8 Å². The Bertz CT molecular complexity index is 1290. The number of aromatic nitrogens is 1. The third-order valence-corrected chi connectivity index (χ3v) is 5.91. The molecular weight excluding hydrogens is 456 g/mol. The van der Waals surface area contributed by atoms with Crippen LogP contribution in [0.2, 0.25) is 0 Å². The molecule has 0 saturated carbocycles. The average molecular weight is 485 g/mol. The van der Waals surface area contributed by atoms with Gasteiger partial charge >= 0.3 is 5.97 Å². The molecular formula is C28H28N4O4. The Morgan fingerprint density at radius 2 is 1.81 bits per heavy atom. The summed E-state index contributed by atoms with van der Waals surface area (Å²) >= 11 is 0. The molecule has 0 spiro atoms. The van der Waals surface area contributed by atoms with Crippen LogP contribution in [-0.4, -0.2) is 39.8 Å². The van der Waals surface area contributed by atoms with Gasteiger partial charge in [0, 0.05) is 18.3 Å². The number of pyridine rings is 1. The van der Waals surface area contributed by atoms with Crippen LogP contribution in [0.3, 0.4) is 0 Å². The number of amides is 1. The predicted octanol–water partition coefficient (Wildman–Crippen LogP) is 3.80. The molecule has 2 heterocycles. The molecule has 2 aromatic carbocycles. The van der Waals surface area contributed by atoms with Gasteiger partial charge < -0.3 is 15.2 Å². The largest absolute Gasteiger partial charge is 0.497 e. The van der Waals surface area contributed by atoms with Gasteiger partial charge in [0.15, 0.2) is 0 Å². The van der Waals surface area contributed by atoms with E-state index in [1.807, 2.05) is 72.8 Å². The lowest BCUT2D eigenvalue weighted by molar-refractivity contribution is -0.138. The van der Waals surface area contributed by atoms with Gasteiger partial charge in [0.2, 0.25) is 0 Å². The van der Waals surface area contributed by atoms with Crippen LogP contribution in [0.1, 0.15) is 23.7 Å². The van der Waals surface area contributed by atoms with Gasteiger partial charge in [-0.25, -0.2) is 5.01 Å². The lowest BCUT2D eigenvalue weighted by Crippen LogP contribution is -2.29.